The average Bonchev–Trinajstić information content (AvgIpc) is 3.70. The van der Waals surface area contributed by atoms with E-state index in [-0.39, 0.29) is 72.3 Å². The van der Waals surface area contributed by atoms with Gasteiger partial charge in [0.1, 0.15) is 16.5 Å². The molecular formula is C32H44ClF3N8O4. The Morgan fingerprint density at radius 2 is 1.35 bits per heavy atom. The summed E-state index contributed by atoms with van der Waals surface area (Å²) in [5.41, 5.74) is -1.62. The fourth-order valence-electron chi connectivity index (χ4n) is 6.01. The highest BCUT2D eigenvalue weighted by atomic mass is 35.5. The maximum Gasteiger partial charge on any atom is 0.421 e. The smallest absolute Gasteiger partial charge is 0.375 e. The van der Waals surface area contributed by atoms with E-state index in [2.05, 4.69) is 30.8 Å². The van der Waals surface area contributed by atoms with E-state index in [1.807, 2.05) is 34.6 Å². The zero-order chi connectivity index (χ0) is 34.1. The molecule has 48 heavy (non-hydrogen) atoms. The van der Waals surface area contributed by atoms with Crippen molar-refractivity contribution in [3.63, 3.8) is 0 Å². The third kappa shape index (κ3) is 9.53. The molecule has 6 atom stereocenters. The van der Waals surface area contributed by atoms with Gasteiger partial charge in [0.25, 0.3) is 11.1 Å². The lowest BCUT2D eigenvalue weighted by Gasteiger charge is -2.32. The summed E-state index contributed by atoms with van der Waals surface area (Å²) in [6, 6.07) is 5.51. The third-order valence-electron chi connectivity index (χ3n) is 8.41. The van der Waals surface area contributed by atoms with Crippen molar-refractivity contribution >= 4 is 29.2 Å². The van der Waals surface area contributed by atoms with E-state index in [1.165, 1.54) is 33.6 Å². The average molecular weight is 697 g/mol. The lowest BCUT2D eigenvalue weighted by atomic mass is 10.00. The molecule has 6 rings (SSSR count). The minimum absolute atomic E-state index is 0. The molecule has 5 heterocycles. The molecular weight excluding hydrogens is 653 g/mol. The lowest BCUT2D eigenvalue weighted by Crippen LogP contribution is -2.36. The van der Waals surface area contributed by atoms with Gasteiger partial charge in [0.2, 0.25) is 5.95 Å². The van der Waals surface area contributed by atoms with Crippen LogP contribution in [0.2, 0.25) is 5.15 Å². The summed E-state index contributed by atoms with van der Waals surface area (Å²) in [7, 11) is 0. The van der Waals surface area contributed by atoms with Crippen LogP contribution < -0.4 is 21.8 Å². The van der Waals surface area contributed by atoms with Gasteiger partial charge in [0.05, 0.1) is 36.5 Å². The second kappa shape index (κ2) is 14.9. The molecule has 12 nitrogen and oxygen atoms in total. The monoisotopic (exact) mass is 696 g/mol. The fraction of sp³-hybridized carbons (Fsp3) is 0.625. The summed E-state index contributed by atoms with van der Waals surface area (Å²) < 4.78 is 54.7. The number of halogens is 4. The van der Waals surface area contributed by atoms with E-state index in [0.29, 0.717) is 18.0 Å². The van der Waals surface area contributed by atoms with Crippen LogP contribution in [0.1, 0.15) is 98.2 Å². The minimum Gasteiger partial charge on any atom is -0.375 e. The van der Waals surface area contributed by atoms with Crippen LogP contribution in [0.15, 0.2) is 40.1 Å². The van der Waals surface area contributed by atoms with Gasteiger partial charge in [-0.05, 0) is 85.3 Å². The van der Waals surface area contributed by atoms with Gasteiger partial charge in [-0.3, -0.25) is 9.59 Å². The molecule has 3 aromatic heterocycles. The predicted molar refractivity (Wildman–Crippen MR) is 177 cm³/mol. The van der Waals surface area contributed by atoms with Crippen LogP contribution in [-0.2, 0) is 15.7 Å². The summed E-state index contributed by atoms with van der Waals surface area (Å²) in [6.07, 6.45) is 0.904. The molecule has 0 spiro atoms. The van der Waals surface area contributed by atoms with E-state index in [0.717, 1.165) is 31.9 Å². The topological polar surface area (TPSA) is 138 Å². The molecule has 0 bridgehead atoms. The van der Waals surface area contributed by atoms with Crippen molar-refractivity contribution in [1.82, 2.24) is 29.5 Å². The van der Waals surface area contributed by atoms with Crippen molar-refractivity contribution in [1.29, 1.82) is 0 Å². The zero-order valence-electron chi connectivity index (χ0n) is 26.9. The highest BCUT2D eigenvalue weighted by Crippen LogP contribution is 2.39. The molecule has 3 aromatic rings. The van der Waals surface area contributed by atoms with E-state index >= 15 is 0 Å². The Hall–Kier alpha value is -3.56. The number of alkyl halides is 3. The summed E-state index contributed by atoms with van der Waals surface area (Å²) in [6.45, 7) is 9.81. The molecule has 264 valence electrons. The Kier molecular flexibility index (Phi) is 11.6. The second-order valence-electron chi connectivity index (χ2n) is 13.0. The van der Waals surface area contributed by atoms with Crippen molar-refractivity contribution in [2.24, 2.45) is 0 Å². The molecule has 3 aliphatic rings. The molecule has 0 radical (unpaired) electrons. The quantitative estimate of drug-likeness (QED) is 0.292. The van der Waals surface area contributed by atoms with Gasteiger partial charge in [0, 0.05) is 23.9 Å². The molecule has 2 unspecified atom stereocenters. The first-order valence-corrected chi connectivity index (χ1v) is 16.1. The van der Waals surface area contributed by atoms with E-state index in [4.69, 9.17) is 21.1 Å². The van der Waals surface area contributed by atoms with Crippen LogP contribution in [-0.4, -0.2) is 59.5 Å². The Morgan fingerprint density at radius 3 is 1.85 bits per heavy atom. The second-order valence-corrected chi connectivity index (χ2v) is 13.4. The molecule has 16 heteroatoms. The van der Waals surface area contributed by atoms with Gasteiger partial charge in [-0.15, -0.1) is 0 Å². The Balaban J connectivity index is 0.000000258. The first-order chi connectivity index (χ1) is 22.1. The maximum atomic E-state index is 13.5. The first kappa shape index (κ1) is 37.3. The predicted octanol–water partition coefficient (Wildman–Crippen LogP) is 6.55. The number of nitrogens with one attached hydrogen (secondary N) is 2. The number of ether oxygens (including phenoxy) is 2. The van der Waals surface area contributed by atoms with Crippen LogP contribution in [0.5, 0.6) is 0 Å². The van der Waals surface area contributed by atoms with Crippen molar-refractivity contribution < 1.29 is 22.6 Å². The first-order valence-electron chi connectivity index (χ1n) is 15.7. The molecule has 0 amide bonds. The van der Waals surface area contributed by atoms with Crippen LogP contribution >= 0.6 is 11.6 Å². The Labute approximate surface area is 282 Å². The molecule has 3 fully saturated rings. The van der Waals surface area contributed by atoms with Crippen molar-refractivity contribution in [3.8, 4) is 0 Å². The molecule has 1 saturated carbocycles. The van der Waals surface area contributed by atoms with Gasteiger partial charge in [0.15, 0.2) is 5.82 Å². The molecule has 2 saturated heterocycles. The van der Waals surface area contributed by atoms with Crippen molar-refractivity contribution in [3.05, 3.63) is 61.9 Å². The summed E-state index contributed by atoms with van der Waals surface area (Å²) >= 11 is 5.81. The normalized spacial score (nSPS) is 26.4. The van der Waals surface area contributed by atoms with Crippen LogP contribution in [0.4, 0.5) is 30.8 Å². The summed E-state index contributed by atoms with van der Waals surface area (Å²) in [5.74, 6) is -0.212. The van der Waals surface area contributed by atoms with Crippen LogP contribution in [0.25, 0.3) is 0 Å². The van der Waals surface area contributed by atoms with E-state index in [1.54, 1.807) is 0 Å². The number of anilines is 3. The van der Waals surface area contributed by atoms with Crippen molar-refractivity contribution in [2.75, 3.05) is 10.6 Å². The molecule has 2 N–H and O–H groups in total. The minimum atomic E-state index is -4.65. The highest BCUT2D eigenvalue weighted by molar-refractivity contribution is 6.29. The fourth-order valence-corrected chi connectivity index (χ4v) is 6.15. The number of rotatable bonds is 6. The number of hydrogen-bond donors (Lipinski definition) is 2. The van der Waals surface area contributed by atoms with Gasteiger partial charge in [-0.1, -0.05) is 19.0 Å². The largest absolute Gasteiger partial charge is 0.421 e. The lowest BCUT2D eigenvalue weighted by molar-refractivity contribution is -0.137. The summed E-state index contributed by atoms with van der Waals surface area (Å²) in [5, 5.41) is 14.4. The number of hydrogen-bond acceptors (Lipinski definition) is 10. The van der Waals surface area contributed by atoms with Crippen LogP contribution in [0, 0.1) is 0 Å². The summed E-state index contributed by atoms with van der Waals surface area (Å²) in [4.78, 5) is 32.0. The van der Waals surface area contributed by atoms with Crippen LogP contribution in [0.3, 0.4) is 0 Å². The molecule has 2 aliphatic heterocycles. The van der Waals surface area contributed by atoms with Gasteiger partial charge in [-0.2, -0.15) is 28.4 Å². The molecule has 1 aliphatic carbocycles. The van der Waals surface area contributed by atoms with E-state index in [9.17, 15) is 22.8 Å². The molecule has 0 aromatic carbocycles. The number of nitrogens with zero attached hydrogens (tertiary/aromatic N) is 6. The van der Waals surface area contributed by atoms with Gasteiger partial charge < -0.3 is 20.1 Å². The zero-order valence-corrected chi connectivity index (χ0v) is 27.7. The SMILES string of the molecule is C.C[C@@H]1CC(n2nc(Cl)ccc2=O)C[C@H](C)O1.C[C@@H]1CC(n2nc(Nc3nc(NC4(C)CC4)ncc3C(F)(F)F)ccc2=O)C[C@H](C)O1. The Morgan fingerprint density at radius 1 is 0.854 bits per heavy atom. The standard InChI is InChI=1S/C20H25F3N6O2.C11H15ClN2O2.CH4/c1-11-8-13(9-12(2)31-11)29-16(30)5-4-15(28-29)25-17-14(20(21,22)23)10-24-18(26-17)27-19(3)6-7-19;1-7-5-9(6-8(2)16-7)14-11(15)4-3-10(12)13-14;/h4-5,10-13H,6-9H2,1-3H3,(H2,24,25,26,27,28);3-4,7-9H,5-6H2,1-2H3;1H4/t11-,12+,13?;7-,8+,9?;. The third-order valence-corrected chi connectivity index (χ3v) is 8.61. The maximum absolute atomic E-state index is 13.5. The van der Waals surface area contributed by atoms with Gasteiger partial charge >= 0.3 is 6.18 Å². The highest BCUT2D eigenvalue weighted by Gasteiger charge is 2.39. The van der Waals surface area contributed by atoms with Crippen molar-refractivity contribution in [2.45, 2.75) is 129 Å². The Bertz CT molecular complexity index is 1660. The number of aromatic nitrogens is 6. The van der Waals surface area contributed by atoms with Gasteiger partial charge in [-0.25, -0.2) is 14.3 Å². The van der Waals surface area contributed by atoms with E-state index < -0.39 is 17.6 Å².